The molecule has 22 heavy (non-hydrogen) atoms. The van der Waals surface area contributed by atoms with E-state index < -0.39 is 0 Å². The third kappa shape index (κ3) is 2.86. The normalized spacial score (nSPS) is 10.2. The minimum absolute atomic E-state index is 0.850. The van der Waals surface area contributed by atoms with Gasteiger partial charge in [-0.05, 0) is 22.9 Å². The van der Waals surface area contributed by atoms with E-state index in [1.54, 1.807) is 0 Å². The first-order chi connectivity index (χ1) is 10.8. The summed E-state index contributed by atoms with van der Waals surface area (Å²) in [4.78, 5) is 0. The van der Waals surface area contributed by atoms with Crippen LogP contribution < -0.4 is 11.5 Å². The SMILES string of the molecule is Nc1cccc2ccccc12.Nc1cccc2ccccc12. The molecule has 4 N–H and O–H groups in total. The first-order valence-electron chi connectivity index (χ1n) is 7.22. The number of nitrogen functional groups attached to an aromatic ring is 2. The van der Waals surface area contributed by atoms with Crippen LogP contribution in [-0.2, 0) is 0 Å². The van der Waals surface area contributed by atoms with Crippen LogP contribution in [0.15, 0.2) is 84.9 Å². The maximum atomic E-state index is 5.76. The van der Waals surface area contributed by atoms with Gasteiger partial charge in [0.2, 0.25) is 0 Å². The van der Waals surface area contributed by atoms with E-state index in [0.29, 0.717) is 0 Å². The van der Waals surface area contributed by atoms with Gasteiger partial charge in [-0.3, -0.25) is 0 Å². The summed E-state index contributed by atoms with van der Waals surface area (Å²) >= 11 is 0. The van der Waals surface area contributed by atoms with Gasteiger partial charge in [0.15, 0.2) is 0 Å². The maximum absolute atomic E-state index is 5.76. The fourth-order valence-corrected chi connectivity index (χ4v) is 2.50. The third-order valence-electron chi connectivity index (χ3n) is 3.65. The van der Waals surface area contributed by atoms with E-state index in [-0.39, 0.29) is 0 Å². The minimum atomic E-state index is 0.850. The molecule has 2 nitrogen and oxygen atoms in total. The van der Waals surface area contributed by atoms with Gasteiger partial charge in [0.1, 0.15) is 0 Å². The van der Waals surface area contributed by atoms with Gasteiger partial charge >= 0.3 is 0 Å². The van der Waals surface area contributed by atoms with Gasteiger partial charge in [-0.1, -0.05) is 72.8 Å². The number of rotatable bonds is 0. The van der Waals surface area contributed by atoms with E-state index in [9.17, 15) is 0 Å². The molecule has 0 aliphatic heterocycles. The molecule has 0 radical (unpaired) electrons. The van der Waals surface area contributed by atoms with Crippen molar-refractivity contribution in [2.45, 2.75) is 0 Å². The fourth-order valence-electron chi connectivity index (χ4n) is 2.50. The summed E-state index contributed by atoms with van der Waals surface area (Å²) in [6.45, 7) is 0. The first kappa shape index (κ1) is 14.0. The van der Waals surface area contributed by atoms with Gasteiger partial charge in [-0.2, -0.15) is 0 Å². The predicted molar refractivity (Wildman–Crippen MR) is 96.7 cm³/mol. The van der Waals surface area contributed by atoms with E-state index in [1.165, 1.54) is 10.8 Å². The number of hydrogen-bond acceptors (Lipinski definition) is 2. The van der Waals surface area contributed by atoms with Crippen LogP contribution in [0.4, 0.5) is 11.4 Å². The summed E-state index contributed by atoms with van der Waals surface area (Å²) in [6.07, 6.45) is 0. The highest BCUT2D eigenvalue weighted by molar-refractivity contribution is 5.93. The Hall–Kier alpha value is -3.00. The molecule has 0 bridgehead atoms. The van der Waals surface area contributed by atoms with Crippen molar-refractivity contribution >= 4 is 32.9 Å². The zero-order chi connectivity index (χ0) is 15.4. The molecule has 0 unspecified atom stereocenters. The molecular weight excluding hydrogens is 268 g/mol. The van der Waals surface area contributed by atoms with Crippen molar-refractivity contribution in [1.29, 1.82) is 0 Å². The quantitative estimate of drug-likeness (QED) is 0.454. The number of hydrogen-bond donors (Lipinski definition) is 2. The van der Waals surface area contributed by atoms with Crippen molar-refractivity contribution in [1.82, 2.24) is 0 Å². The Bertz CT molecular complexity index is 825. The standard InChI is InChI=1S/2C10H9N/c2*11-10-7-3-5-8-4-1-2-6-9(8)10/h2*1-7H,11H2. The summed E-state index contributed by atoms with van der Waals surface area (Å²) in [5.74, 6) is 0. The molecule has 0 aromatic heterocycles. The fraction of sp³-hybridized carbons (Fsp3) is 0. The number of nitrogens with two attached hydrogens (primary N) is 2. The maximum Gasteiger partial charge on any atom is 0.0393 e. The smallest absolute Gasteiger partial charge is 0.0393 e. The van der Waals surface area contributed by atoms with Crippen LogP contribution in [0.1, 0.15) is 0 Å². The molecule has 2 heteroatoms. The molecule has 0 spiro atoms. The van der Waals surface area contributed by atoms with Crippen molar-refractivity contribution in [2.24, 2.45) is 0 Å². The molecular formula is C20H18N2. The lowest BCUT2D eigenvalue weighted by atomic mass is 10.1. The third-order valence-corrected chi connectivity index (χ3v) is 3.65. The molecule has 108 valence electrons. The van der Waals surface area contributed by atoms with E-state index in [4.69, 9.17) is 11.5 Å². The molecule has 0 atom stereocenters. The lowest BCUT2D eigenvalue weighted by molar-refractivity contribution is 1.73. The van der Waals surface area contributed by atoms with Crippen molar-refractivity contribution in [2.75, 3.05) is 11.5 Å². The van der Waals surface area contributed by atoms with Gasteiger partial charge in [-0.25, -0.2) is 0 Å². The average molecular weight is 286 g/mol. The highest BCUT2D eigenvalue weighted by atomic mass is 14.5. The van der Waals surface area contributed by atoms with Gasteiger partial charge in [0.25, 0.3) is 0 Å². The topological polar surface area (TPSA) is 52.0 Å². The zero-order valence-electron chi connectivity index (χ0n) is 12.2. The molecule has 4 aromatic carbocycles. The molecule has 0 aliphatic rings. The molecule has 0 fully saturated rings. The predicted octanol–water partition coefficient (Wildman–Crippen LogP) is 4.84. The Balaban J connectivity index is 0.000000131. The highest BCUT2D eigenvalue weighted by Gasteiger charge is 1.93. The number of benzene rings is 4. The van der Waals surface area contributed by atoms with Crippen molar-refractivity contribution in [3.8, 4) is 0 Å². The van der Waals surface area contributed by atoms with Crippen LogP contribution in [0.5, 0.6) is 0 Å². The Kier molecular flexibility index (Phi) is 3.92. The highest BCUT2D eigenvalue weighted by Crippen LogP contribution is 2.20. The Morgan fingerprint density at radius 3 is 1.18 bits per heavy atom. The van der Waals surface area contributed by atoms with Gasteiger partial charge in [-0.15, -0.1) is 0 Å². The second kappa shape index (κ2) is 6.19. The van der Waals surface area contributed by atoms with Gasteiger partial charge in [0, 0.05) is 22.1 Å². The number of anilines is 2. The van der Waals surface area contributed by atoms with Crippen LogP contribution in [0, 0.1) is 0 Å². The van der Waals surface area contributed by atoms with Gasteiger partial charge in [0.05, 0.1) is 0 Å². The van der Waals surface area contributed by atoms with Crippen molar-refractivity contribution in [3.63, 3.8) is 0 Å². The minimum Gasteiger partial charge on any atom is -0.398 e. The van der Waals surface area contributed by atoms with E-state index in [1.807, 2.05) is 60.7 Å². The molecule has 4 aromatic rings. The van der Waals surface area contributed by atoms with Gasteiger partial charge < -0.3 is 11.5 Å². The summed E-state index contributed by atoms with van der Waals surface area (Å²) < 4.78 is 0. The summed E-state index contributed by atoms with van der Waals surface area (Å²) in [5.41, 5.74) is 13.2. The van der Waals surface area contributed by atoms with Crippen LogP contribution >= 0.6 is 0 Å². The molecule has 0 saturated carbocycles. The van der Waals surface area contributed by atoms with E-state index in [0.717, 1.165) is 22.1 Å². The molecule has 0 saturated heterocycles. The summed E-state index contributed by atoms with van der Waals surface area (Å²) in [7, 11) is 0. The van der Waals surface area contributed by atoms with Crippen LogP contribution in [-0.4, -0.2) is 0 Å². The number of fused-ring (bicyclic) bond motifs is 2. The Morgan fingerprint density at radius 2 is 0.773 bits per heavy atom. The summed E-state index contributed by atoms with van der Waals surface area (Å²) in [5, 5.41) is 4.67. The molecule has 0 heterocycles. The van der Waals surface area contributed by atoms with Crippen LogP contribution in [0.2, 0.25) is 0 Å². The van der Waals surface area contributed by atoms with Crippen LogP contribution in [0.3, 0.4) is 0 Å². The van der Waals surface area contributed by atoms with Crippen LogP contribution in [0.25, 0.3) is 21.5 Å². The molecule has 0 amide bonds. The molecule has 0 aliphatic carbocycles. The molecule has 4 rings (SSSR count). The van der Waals surface area contributed by atoms with E-state index >= 15 is 0 Å². The monoisotopic (exact) mass is 286 g/mol. The van der Waals surface area contributed by atoms with Crippen molar-refractivity contribution in [3.05, 3.63) is 84.9 Å². The largest absolute Gasteiger partial charge is 0.398 e. The first-order valence-corrected chi connectivity index (χ1v) is 7.22. The Labute approximate surface area is 130 Å². The Morgan fingerprint density at radius 1 is 0.409 bits per heavy atom. The second-order valence-electron chi connectivity index (χ2n) is 5.14. The lowest BCUT2D eigenvalue weighted by Gasteiger charge is -1.98. The lowest BCUT2D eigenvalue weighted by Crippen LogP contribution is -1.84. The average Bonchev–Trinajstić information content (AvgIpc) is 2.57. The summed E-state index contributed by atoms with van der Waals surface area (Å²) in [6, 6.07) is 28.1. The van der Waals surface area contributed by atoms with Crippen molar-refractivity contribution < 1.29 is 0 Å². The second-order valence-corrected chi connectivity index (χ2v) is 5.14. The van der Waals surface area contributed by atoms with E-state index in [2.05, 4.69) is 24.3 Å². The zero-order valence-corrected chi connectivity index (χ0v) is 12.2.